The van der Waals surface area contributed by atoms with Crippen LogP contribution >= 0.6 is 0 Å². The molecule has 5 aromatic rings. The van der Waals surface area contributed by atoms with Crippen LogP contribution in [-0.4, -0.2) is 96.2 Å². The van der Waals surface area contributed by atoms with E-state index >= 15 is 0 Å². The van der Waals surface area contributed by atoms with Crippen LogP contribution in [0.1, 0.15) is 82.7 Å². The summed E-state index contributed by atoms with van der Waals surface area (Å²) in [5, 5.41) is 3.51. The molecule has 3 aliphatic heterocycles. The molecule has 3 aliphatic rings. The van der Waals surface area contributed by atoms with Gasteiger partial charge in [0, 0.05) is 62.2 Å². The molecule has 0 saturated carbocycles. The van der Waals surface area contributed by atoms with Crippen LogP contribution < -0.4 is 10.4 Å². The van der Waals surface area contributed by atoms with Gasteiger partial charge in [-0.1, -0.05) is 87.5 Å². The fourth-order valence-electron chi connectivity index (χ4n) is 9.32. The lowest BCUT2D eigenvalue weighted by molar-refractivity contribution is -0.0334. The molecule has 3 aromatic carbocycles. The van der Waals surface area contributed by atoms with Gasteiger partial charge in [-0.15, -0.1) is 0 Å². The largest absolute Gasteiger partial charge is 0.444 e. The van der Waals surface area contributed by atoms with E-state index in [1.165, 1.54) is 15.9 Å². The Morgan fingerprint density at radius 1 is 0.847 bits per heavy atom. The molecule has 10 nitrogen and oxygen atoms in total. The first-order chi connectivity index (χ1) is 28.2. The molecule has 0 bridgehead atoms. The zero-order valence-corrected chi connectivity index (χ0v) is 36.7. The van der Waals surface area contributed by atoms with Crippen LogP contribution in [0, 0.1) is 6.92 Å². The van der Waals surface area contributed by atoms with Crippen molar-refractivity contribution in [3.8, 4) is 11.1 Å². The second-order valence-electron chi connectivity index (χ2n) is 18.5. The van der Waals surface area contributed by atoms with Gasteiger partial charge in [0.05, 0.1) is 19.3 Å². The molecular formula is C48H59N5O5Si. The number of fused-ring (bicyclic) bond motifs is 2. The number of ether oxygens (including phenoxy) is 2. The summed E-state index contributed by atoms with van der Waals surface area (Å²) in [5.74, 6) is 0. The van der Waals surface area contributed by atoms with E-state index < -0.39 is 13.9 Å². The van der Waals surface area contributed by atoms with Crippen LogP contribution in [0.15, 0.2) is 91.3 Å². The molecule has 59 heavy (non-hydrogen) atoms. The van der Waals surface area contributed by atoms with Gasteiger partial charge in [0.2, 0.25) is 0 Å². The highest BCUT2D eigenvalue weighted by molar-refractivity contribution is 6.99. The first-order valence-electron chi connectivity index (χ1n) is 21.2. The van der Waals surface area contributed by atoms with Crippen LogP contribution in [0.4, 0.5) is 9.59 Å². The summed E-state index contributed by atoms with van der Waals surface area (Å²) < 4.78 is 19.5. The number of carbonyl (C=O) groups excluding carboxylic acids is 2. The maximum atomic E-state index is 14.5. The van der Waals surface area contributed by atoms with Crippen LogP contribution in [0.2, 0.25) is 5.04 Å². The molecule has 2 fully saturated rings. The number of piperidine rings is 1. The zero-order valence-electron chi connectivity index (χ0n) is 35.7. The lowest BCUT2D eigenvalue weighted by atomic mass is 9.87. The van der Waals surface area contributed by atoms with E-state index in [-0.39, 0.29) is 29.3 Å². The number of hydrogen-bond donors (Lipinski definition) is 1. The Kier molecular flexibility index (Phi) is 11.2. The fourth-order valence-corrected chi connectivity index (χ4v) is 14.1. The first kappa shape index (κ1) is 40.8. The summed E-state index contributed by atoms with van der Waals surface area (Å²) in [7, 11) is -2.72. The van der Waals surface area contributed by atoms with Crippen LogP contribution in [-0.2, 0) is 26.9 Å². The minimum absolute atomic E-state index is 0.0337. The smallest absolute Gasteiger partial charge is 0.410 e. The Labute approximate surface area is 350 Å². The van der Waals surface area contributed by atoms with Gasteiger partial charge >= 0.3 is 12.1 Å². The molecule has 2 aromatic heterocycles. The van der Waals surface area contributed by atoms with Gasteiger partial charge in [0.15, 0.2) is 0 Å². The fraction of sp³-hybridized carbons (Fsp3) is 0.438. The Morgan fingerprint density at radius 3 is 2.17 bits per heavy atom. The average molecular weight is 814 g/mol. The minimum atomic E-state index is -2.72. The molecule has 0 aliphatic carbocycles. The third-order valence-corrected chi connectivity index (χ3v) is 17.4. The van der Waals surface area contributed by atoms with Crippen molar-refractivity contribution in [2.24, 2.45) is 0 Å². The highest BCUT2D eigenvalue weighted by Crippen LogP contribution is 2.40. The molecule has 0 spiro atoms. The Balaban J connectivity index is 1.06. The van der Waals surface area contributed by atoms with Crippen molar-refractivity contribution < 1.29 is 23.5 Å². The molecular weight excluding hydrogens is 755 g/mol. The Morgan fingerprint density at radius 2 is 1.53 bits per heavy atom. The summed E-state index contributed by atoms with van der Waals surface area (Å²) in [4.78, 5) is 42.0. The molecule has 1 N–H and O–H groups in total. The number of amides is 3. The molecule has 2 saturated heterocycles. The quantitative estimate of drug-likeness (QED) is 0.173. The number of hydrogen-bond acceptors (Lipinski definition) is 6. The van der Waals surface area contributed by atoms with E-state index in [0.717, 1.165) is 51.7 Å². The summed E-state index contributed by atoms with van der Waals surface area (Å²) in [6, 6.07) is 27.9. The third-order valence-electron chi connectivity index (χ3n) is 12.3. The topological polar surface area (TPSA) is 100 Å². The predicted molar refractivity (Wildman–Crippen MR) is 236 cm³/mol. The highest BCUT2D eigenvalue weighted by atomic mass is 28.4. The van der Waals surface area contributed by atoms with Crippen LogP contribution in [0.3, 0.4) is 0 Å². The van der Waals surface area contributed by atoms with E-state index in [9.17, 15) is 9.59 Å². The number of nitrogens with zero attached hydrogens (tertiary/aromatic N) is 4. The summed E-state index contributed by atoms with van der Waals surface area (Å²) in [6.07, 6.45) is 5.82. The number of urea groups is 1. The van der Waals surface area contributed by atoms with E-state index in [1.807, 2.05) is 47.9 Å². The molecule has 11 heteroatoms. The SMILES string of the molecule is Cc1c[nH]c2ncc(-c3cc4c(c(C5COCCN5C(=O)OC(C)(C)C)c3)CN(C(=O)N3CCC(O[Si](c5ccccc5)(c5ccccc5)C(C)(C)C)CC3)CC4)cc12. The number of aromatic nitrogens is 2. The van der Waals surface area contributed by atoms with Crippen molar-refractivity contribution in [1.82, 2.24) is 24.7 Å². The molecule has 1 unspecified atom stereocenters. The average Bonchev–Trinajstić information content (AvgIpc) is 3.61. The second kappa shape index (κ2) is 16.2. The lowest BCUT2D eigenvalue weighted by Crippen LogP contribution is -2.68. The number of H-pyrrole nitrogens is 1. The molecule has 3 amide bonds. The van der Waals surface area contributed by atoms with E-state index in [0.29, 0.717) is 52.4 Å². The number of carbonyl (C=O) groups is 2. The van der Waals surface area contributed by atoms with Crippen molar-refractivity contribution in [3.63, 3.8) is 0 Å². The summed E-state index contributed by atoms with van der Waals surface area (Å²) in [6.45, 7) is 18.2. The van der Waals surface area contributed by atoms with Crippen molar-refractivity contribution in [2.75, 3.05) is 39.4 Å². The number of morpholine rings is 1. The number of pyridine rings is 1. The number of aromatic amines is 1. The summed E-state index contributed by atoms with van der Waals surface area (Å²) in [5.41, 5.74) is 6.64. The van der Waals surface area contributed by atoms with Crippen LogP contribution in [0.5, 0.6) is 0 Å². The predicted octanol–water partition coefficient (Wildman–Crippen LogP) is 8.37. The Hall–Kier alpha value is -4.97. The van der Waals surface area contributed by atoms with E-state index in [2.05, 4.69) is 112 Å². The maximum Gasteiger partial charge on any atom is 0.410 e. The van der Waals surface area contributed by atoms with Gasteiger partial charge in [0.25, 0.3) is 8.32 Å². The Bertz CT molecular complexity index is 2250. The van der Waals surface area contributed by atoms with Gasteiger partial charge in [-0.25, -0.2) is 14.6 Å². The molecule has 0 radical (unpaired) electrons. The first-order valence-corrected chi connectivity index (χ1v) is 23.1. The van der Waals surface area contributed by atoms with Gasteiger partial charge in [-0.05, 0) is 102 Å². The number of benzene rings is 3. The van der Waals surface area contributed by atoms with Gasteiger partial charge in [-0.2, -0.15) is 0 Å². The molecule has 5 heterocycles. The number of nitrogens with one attached hydrogen (secondary N) is 1. The standard InChI is InChI=1S/C48H59N5O5Si/c1-33-29-49-44-40(33)28-36(30-50-44)35-26-34-18-21-52(31-42(34)41(27-35)43-32-56-25-24-53(43)46(55)57-47(2,3)4)45(54)51-22-19-37(20-23-51)58-59(48(5,6)7,38-14-10-8-11-15-38)39-16-12-9-13-17-39/h8-17,26-30,37,43H,18-25,31-32H2,1-7H3,(H,49,50). The highest BCUT2D eigenvalue weighted by Gasteiger charge is 2.52. The summed E-state index contributed by atoms with van der Waals surface area (Å²) >= 11 is 0. The maximum absolute atomic E-state index is 14.5. The zero-order chi connectivity index (χ0) is 41.5. The number of aryl methyl sites for hydroxylation is 1. The number of likely N-dealkylation sites (tertiary alicyclic amines) is 1. The van der Waals surface area contributed by atoms with Gasteiger partial charge in [-0.3, -0.25) is 4.90 Å². The normalized spacial score (nSPS) is 18.2. The van der Waals surface area contributed by atoms with Gasteiger partial charge in [0.1, 0.15) is 11.2 Å². The monoisotopic (exact) mass is 813 g/mol. The third kappa shape index (κ3) is 8.17. The van der Waals surface area contributed by atoms with Crippen molar-refractivity contribution in [2.45, 2.75) is 97.1 Å². The van der Waals surface area contributed by atoms with Crippen molar-refractivity contribution in [1.29, 1.82) is 0 Å². The lowest BCUT2D eigenvalue weighted by Gasteiger charge is -2.47. The molecule has 8 rings (SSSR count). The number of rotatable bonds is 6. The van der Waals surface area contributed by atoms with Gasteiger partial charge < -0.3 is 28.7 Å². The molecule has 1 atom stereocenters. The van der Waals surface area contributed by atoms with Crippen LogP contribution in [0.25, 0.3) is 22.2 Å². The molecule has 310 valence electrons. The second-order valence-corrected chi connectivity index (χ2v) is 22.7. The minimum Gasteiger partial charge on any atom is -0.444 e. The van der Waals surface area contributed by atoms with E-state index in [4.69, 9.17) is 18.9 Å². The van der Waals surface area contributed by atoms with Crippen molar-refractivity contribution >= 4 is 41.8 Å². The van der Waals surface area contributed by atoms with Crippen molar-refractivity contribution in [3.05, 3.63) is 114 Å². The van der Waals surface area contributed by atoms with E-state index in [1.54, 1.807) is 0 Å².